The van der Waals surface area contributed by atoms with Crippen molar-refractivity contribution in [1.29, 1.82) is 0 Å². The molecule has 0 heterocycles. The maximum atomic E-state index is 4.23. The minimum absolute atomic E-state index is 1.07. The Morgan fingerprint density at radius 1 is 0.468 bits per heavy atom. The van der Waals surface area contributed by atoms with Gasteiger partial charge in [-0.05, 0) is 106 Å². The van der Waals surface area contributed by atoms with Gasteiger partial charge in [0.2, 0.25) is 0 Å². The van der Waals surface area contributed by atoms with Crippen LogP contribution < -0.4 is 4.90 Å². The summed E-state index contributed by atoms with van der Waals surface area (Å²) in [5, 5.41) is 2.48. The normalized spacial score (nSPS) is 11.2. The Labute approximate surface area is 278 Å². The summed E-state index contributed by atoms with van der Waals surface area (Å²) in [6.07, 6.45) is 4.30. The van der Waals surface area contributed by atoms with Crippen LogP contribution >= 0.6 is 0 Å². The first-order valence-electron chi connectivity index (χ1n) is 16.2. The van der Waals surface area contributed by atoms with Gasteiger partial charge in [0, 0.05) is 17.1 Å². The number of rotatable bonds is 8. The van der Waals surface area contributed by atoms with Crippen LogP contribution in [0.2, 0.25) is 0 Å². The fourth-order valence-corrected chi connectivity index (χ4v) is 6.46. The van der Waals surface area contributed by atoms with Crippen LogP contribution in [-0.2, 0) is 0 Å². The molecule has 0 radical (unpaired) electrons. The average molecular weight is 604 g/mol. The van der Waals surface area contributed by atoms with E-state index in [1.54, 1.807) is 0 Å². The molecule has 0 N–H and O–H groups in total. The molecule has 226 valence electrons. The van der Waals surface area contributed by atoms with Crippen LogP contribution in [0.1, 0.15) is 25.0 Å². The van der Waals surface area contributed by atoms with Crippen molar-refractivity contribution in [3.63, 3.8) is 0 Å². The zero-order valence-electron chi connectivity index (χ0n) is 26.9. The lowest BCUT2D eigenvalue weighted by Crippen LogP contribution is -2.09. The number of benzene rings is 7. The van der Waals surface area contributed by atoms with E-state index < -0.39 is 0 Å². The van der Waals surface area contributed by atoms with Gasteiger partial charge in [-0.3, -0.25) is 0 Å². The molecular weight excluding hydrogens is 567 g/mol. The van der Waals surface area contributed by atoms with Gasteiger partial charge >= 0.3 is 0 Å². The van der Waals surface area contributed by atoms with Crippen molar-refractivity contribution in [2.75, 3.05) is 4.90 Å². The quantitative estimate of drug-likeness (QED) is 0.167. The third-order valence-corrected chi connectivity index (χ3v) is 8.80. The summed E-state index contributed by atoms with van der Waals surface area (Å²) in [5.41, 5.74) is 14.0. The van der Waals surface area contributed by atoms with Gasteiger partial charge in [0.1, 0.15) is 0 Å². The first-order chi connectivity index (χ1) is 23.1. The van der Waals surface area contributed by atoms with Crippen LogP contribution in [0.3, 0.4) is 0 Å². The SMILES string of the molecule is C=C(C)c1ccc2c(-c3ccc(N(c4ccc(-c5ccccc5)cc4)c4ccc(-c5ccccc5)cc4)cc3)cccc2c1/C=C\C. The summed E-state index contributed by atoms with van der Waals surface area (Å²) >= 11 is 0. The Kier molecular flexibility index (Phi) is 8.37. The second-order valence-corrected chi connectivity index (χ2v) is 11.9. The molecule has 0 saturated heterocycles. The lowest BCUT2D eigenvalue weighted by atomic mass is 9.91. The monoisotopic (exact) mass is 603 g/mol. The van der Waals surface area contributed by atoms with Crippen molar-refractivity contribution in [3.8, 4) is 33.4 Å². The molecule has 7 aromatic rings. The Morgan fingerprint density at radius 2 is 0.936 bits per heavy atom. The molecule has 0 bridgehead atoms. The number of anilines is 3. The topological polar surface area (TPSA) is 3.24 Å². The van der Waals surface area contributed by atoms with Gasteiger partial charge in [-0.2, -0.15) is 0 Å². The summed E-state index contributed by atoms with van der Waals surface area (Å²) < 4.78 is 0. The smallest absolute Gasteiger partial charge is 0.0462 e. The van der Waals surface area contributed by atoms with Crippen molar-refractivity contribution >= 4 is 39.5 Å². The van der Waals surface area contributed by atoms with E-state index in [9.17, 15) is 0 Å². The predicted molar refractivity (Wildman–Crippen MR) is 204 cm³/mol. The Hall–Kier alpha value is -5.92. The van der Waals surface area contributed by atoms with Crippen molar-refractivity contribution in [2.24, 2.45) is 0 Å². The maximum Gasteiger partial charge on any atom is 0.0462 e. The van der Waals surface area contributed by atoms with Crippen LogP contribution in [0.4, 0.5) is 17.1 Å². The molecule has 0 aliphatic heterocycles. The predicted octanol–water partition coefficient (Wildman–Crippen LogP) is 13.4. The van der Waals surface area contributed by atoms with Gasteiger partial charge in [-0.1, -0.05) is 152 Å². The molecule has 1 heteroatoms. The highest BCUT2D eigenvalue weighted by atomic mass is 15.1. The van der Waals surface area contributed by atoms with E-state index in [4.69, 9.17) is 0 Å². The van der Waals surface area contributed by atoms with Crippen LogP contribution in [0.15, 0.2) is 176 Å². The van der Waals surface area contributed by atoms with Crippen molar-refractivity contribution in [3.05, 3.63) is 188 Å². The summed E-state index contributed by atoms with van der Waals surface area (Å²) in [6.45, 7) is 8.38. The van der Waals surface area contributed by atoms with Gasteiger partial charge < -0.3 is 4.90 Å². The first kappa shape index (κ1) is 29.8. The molecular formula is C46H37N. The molecule has 0 spiro atoms. The average Bonchev–Trinajstić information content (AvgIpc) is 3.13. The van der Waals surface area contributed by atoms with Crippen molar-refractivity contribution in [1.82, 2.24) is 0 Å². The van der Waals surface area contributed by atoms with Crippen LogP contribution in [-0.4, -0.2) is 0 Å². The molecule has 0 aliphatic rings. The van der Waals surface area contributed by atoms with E-state index >= 15 is 0 Å². The lowest BCUT2D eigenvalue weighted by Gasteiger charge is -2.26. The Balaban J connectivity index is 1.29. The van der Waals surface area contributed by atoms with Gasteiger partial charge in [0.05, 0.1) is 0 Å². The molecule has 0 aliphatic carbocycles. The van der Waals surface area contributed by atoms with Crippen molar-refractivity contribution < 1.29 is 0 Å². The van der Waals surface area contributed by atoms with Crippen LogP contribution in [0.5, 0.6) is 0 Å². The summed E-state index contributed by atoms with van der Waals surface area (Å²) in [4.78, 5) is 2.33. The molecule has 47 heavy (non-hydrogen) atoms. The van der Waals surface area contributed by atoms with Crippen molar-refractivity contribution in [2.45, 2.75) is 13.8 Å². The first-order valence-corrected chi connectivity index (χ1v) is 16.2. The summed E-state index contributed by atoms with van der Waals surface area (Å²) in [7, 11) is 0. The van der Waals surface area contributed by atoms with E-state index in [0.29, 0.717) is 0 Å². The fourth-order valence-electron chi connectivity index (χ4n) is 6.46. The number of hydrogen-bond acceptors (Lipinski definition) is 1. The number of allylic oxidation sites excluding steroid dienone is 2. The van der Waals surface area contributed by atoms with Crippen LogP contribution in [0.25, 0.3) is 55.8 Å². The second kappa shape index (κ2) is 13.2. The molecule has 1 nitrogen and oxygen atoms in total. The van der Waals surface area contributed by atoms with Gasteiger partial charge in [0.25, 0.3) is 0 Å². The Morgan fingerprint density at radius 3 is 1.40 bits per heavy atom. The highest BCUT2D eigenvalue weighted by Crippen LogP contribution is 2.39. The molecule has 0 unspecified atom stereocenters. The minimum Gasteiger partial charge on any atom is -0.311 e. The van der Waals surface area contributed by atoms with E-state index in [0.717, 1.165) is 22.6 Å². The highest BCUT2D eigenvalue weighted by Gasteiger charge is 2.15. The molecule has 0 aromatic heterocycles. The minimum atomic E-state index is 1.07. The standard InChI is InChI=1S/C46H37N/c1-4-12-44-42(33(2)3)31-32-46-43(17-11-18-45(44)46)38-23-29-41(30-24-38)47(39-25-19-36(20-26-39)34-13-7-5-8-14-34)40-27-21-37(22-28-40)35-15-9-6-10-16-35/h4-32H,2H2,1,3H3/b12-4-. The van der Waals surface area contributed by atoms with Gasteiger partial charge in [-0.15, -0.1) is 0 Å². The third-order valence-electron chi connectivity index (χ3n) is 8.80. The second-order valence-electron chi connectivity index (χ2n) is 11.9. The van der Waals surface area contributed by atoms with Crippen LogP contribution in [0, 0.1) is 0 Å². The van der Waals surface area contributed by atoms with E-state index in [2.05, 4.69) is 201 Å². The van der Waals surface area contributed by atoms with E-state index in [1.807, 2.05) is 0 Å². The largest absolute Gasteiger partial charge is 0.311 e. The van der Waals surface area contributed by atoms with Gasteiger partial charge in [-0.25, -0.2) is 0 Å². The lowest BCUT2D eigenvalue weighted by molar-refractivity contribution is 1.28. The summed E-state index contributed by atoms with van der Waals surface area (Å²) in [6, 6.07) is 58.8. The maximum absolute atomic E-state index is 4.23. The summed E-state index contributed by atoms with van der Waals surface area (Å²) in [5.74, 6) is 0. The number of nitrogens with zero attached hydrogens (tertiary/aromatic N) is 1. The zero-order chi connectivity index (χ0) is 32.2. The molecule has 0 fully saturated rings. The fraction of sp³-hybridized carbons (Fsp3) is 0.0435. The molecule has 0 atom stereocenters. The number of fused-ring (bicyclic) bond motifs is 1. The van der Waals surface area contributed by atoms with E-state index in [1.165, 1.54) is 55.3 Å². The molecule has 0 amide bonds. The molecule has 7 aromatic carbocycles. The Bertz CT molecular complexity index is 2090. The van der Waals surface area contributed by atoms with E-state index in [-0.39, 0.29) is 0 Å². The van der Waals surface area contributed by atoms with Gasteiger partial charge in [0.15, 0.2) is 0 Å². The highest BCUT2D eigenvalue weighted by molar-refractivity contribution is 6.03. The molecule has 7 rings (SSSR count). The molecule has 0 saturated carbocycles. The zero-order valence-corrected chi connectivity index (χ0v) is 26.9. The third kappa shape index (κ3) is 6.04. The number of hydrogen-bond donors (Lipinski definition) is 0.